The Morgan fingerprint density at radius 2 is 2.12 bits per heavy atom. The summed E-state index contributed by atoms with van der Waals surface area (Å²) in [6, 6.07) is 9.40. The first kappa shape index (κ1) is 12.5. The van der Waals surface area contributed by atoms with Crippen LogP contribution in [0.25, 0.3) is 0 Å². The van der Waals surface area contributed by atoms with E-state index in [-0.39, 0.29) is 6.04 Å². The smallest absolute Gasteiger partial charge is 0.0739 e. The van der Waals surface area contributed by atoms with E-state index in [0.717, 1.165) is 15.6 Å². The average Bonchev–Trinajstić information content (AvgIpc) is 2.37. The first-order valence-electron chi connectivity index (χ1n) is 5.04. The molecule has 0 saturated carbocycles. The zero-order valence-corrected chi connectivity index (χ0v) is 11.2. The van der Waals surface area contributed by atoms with Crippen LogP contribution in [0.3, 0.4) is 0 Å². The first-order valence-corrected chi connectivity index (χ1v) is 6.21. The molecule has 3 N–H and O–H groups in total. The van der Waals surface area contributed by atoms with E-state index in [4.69, 9.17) is 17.4 Å². The lowest BCUT2D eigenvalue weighted by molar-refractivity contribution is 0.634. The fourth-order valence-electron chi connectivity index (χ4n) is 1.66. The Labute approximate surface area is 113 Å². The van der Waals surface area contributed by atoms with E-state index < -0.39 is 0 Å². The molecule has 3 nitrogen and oxygen atoms in total. The molecule has 0 fully saturated rings. The molecule has 2 aromatic rings. The lowest BCUT2D eigenvalue weighted by Crippen LogP contribution is -2.29. The number of hydrogen-bond acceptors (Lipinski definition) is 3. The number of nitrogens with two attached hydrogens (primary N) is 1. The number of benzene rings is 1. The summed E-state index contributed by atoms with van der Waals surface area (Å²) in [5.41, 5.74) is 4.64. The molecule has 0 saturated heterocycles. The summed E-state index contributed by atoms with van der Waals surface area (Å²) in [6.07, 6.45) is 3.49. The van der Waals surface area contributed by atoms with Crippen molar-refractivity contribution in [1.29, 1.82) is 0 Å². The zero-order valence-electron chi connectivity index (χ0n) is 8.90. The maximum Gasteiger partial charge on any atom is 0.0739 e. The molecule has 0 amide bonds. The van der Waals surface area contributed by atoms with Crippen LogP contribution in [-0.4, -0.2) is 4.98 Å². The van der Waals surface area contributed by atoms with Crippen LogP contribution in [0.5, 0.6) is 0 Å². The topological polar surface area (TPSA) is 50.9 Å². The molecule has 5 heteroatoms. The highest BCUT2D eigenvalue weighted by molar-refractivity contribution is 9.10. The van der Waals surface area contributed by atoms with Crippen LogP contribution >= 0.6 is 27.5 Å². The van der Waals surface area contributed by atoms with Crippen molar-refractivity contribution >= 4 is 27.5 Å². The van der Waals surface area contributed by atoms with Crippen LogP contribution in [0.1, 0.15) is 17.2 Å². The number of aromatic nitrogens is 1. The number of pyridine rings is 1. The number of hydrogen-bond donors (Lipinski definition) is 2. The Bertz CT molecular complexity index is 504. The van der Waals surface area contributed by atoms with Crippen LogP contribution in [-0.2, 0) is 0 Å². The quantitative estimate of drug-likeness (QED) is 0.676. The molecule has 88 valence electrons. The highest BCUT2D eigenvalue weighted by atomic mass is 79.9. The minimum Gasteiger partial charge on any atom is -0.271 e. The van der Waals surface area contributed by atoms with Crippen molar-refractivity contribution in [3.05, 3.63) is 63.3 Å². The predicted octanol–water partition coefficient (Wildman–Crippen LogP) is 3.05. The summed E-state index contributed by atoms with van der Waals surface area (Å²) in [5, 5.41) is 0.652. The second-order valence-corrected chi connectivity index (χ2v) is 4.76. The third kappa shape index (κ3) is 2.66. The van der Waals surface area contributed by atoms with Crippen molar-refractivity contribution in [2.75, 3.05) is 0 Å². The molecule has 1 unspecified atom stereocenters. The van der Waals surface area contributed by atoms with Crippen molar-refractivity contribution in [2.45, 2.75) is 6.04 Å². The van der Waals surface area contributed by atoms with Crippen molar-refractivity contribution in [3.8, 4) is 0 Å². The molecule has 0 spiro atoms. The minimum atomic E-state index is -0.173. The van der Waals surface area contributed by atoms with E-state index in [2.05, 4.69) is 26.3 Å². The van der Waals surface area contributed by atoms with Gasteiger partial charge in [-0.15, -0.1) is 0 Å². The Hall–Kier alpha value is -0.940. The van der Waals surface area contributed by atoms with Gasteiger partial charge in [0.15, 0.2) is 0 Å². The molecule has 0 aliphatic carbocycles. The van der Waals surface area contributed by atoms with Crippen LogP contribution in [0.2, 0.25) is 5.02 Å². The number of rotatable bonds is 3. The van der Waals surface area contributed by atoms with Crippen molar-refractivity contribution in [1.82, 2.24) is 10.4 Å². The summed E-state index contributed by atoms with van der Waals surface area (Å²) in [7, 11) is 0. The van der Waals surface area contributed by atoms with Gasteiger partial charge in [-0.1, -0.05) is 29.8 Å². The predicted molar refractivity (Wildman–Crippen MR) is 72.6 cm³/mol. The molecule has 2 rings (SSSR count). The van der Waals surface area contributed by atoms with E-state index in [9.17, 15) is 0 Å². The molecule has 0 aliphatic heterocycles. The summed E-state index contributed by atoms with van der Waals surface area (Å²) in [4.78, 5) is 4.08. The van der Waals surface area contributed by atoms with Crippen molar-refractivity contribution < 1.29 is 0 Å². The molecule has 1 aromatic heterocycles. The molecule has 1 heterocycles. The van der Waals surface area contributed by atoms with Gasteiger partial charge in [-0.25, -0.2) is 5.43 Å². The van der Waals surface area contributed by atoms with Crippen molar-refractivity contribution in [2.24, 2.45) is 5.84 Å². The molecule has 0 radical (unpaired) electrons. The maximum absolute atomic E-state index is 6.25. The third-order valence-corrected chi connectivity index (χ3v) is 3.79. The largest absolute Gasteiger partial charge is 0.271 e. The number of halogens is 2. The Morgan fingerprint density at radius 1 is 1.29 bits per heavy atom. The van der Waals surface area contributed by atoms with Gasteiger partial charge in [0.2, 0.25) is 0 Å². The van der Waals surface area contributed by atoms with Gasteiger partial charge in [0.25, 0.3) is 0 Å². The van der Waals surface area contributed by atoms with E-state index in [1.54, 1.807) is 12.4 Å². The van der Waals surface area contributed by atoms with Gasteiger partial charge in [-0.2, -0.15) is 0 Å². The second-order valence-electron chi connectivity index (χ2n) is 3.53. The first-order chi connectivity index (χ1) is 8.24. The fourth-order valence-corrected chi connectivity index (χ4v) is 2.27. The second kappa shape index (κ2) is 5.60. The Balaban J connectivity index is 2.46. The monoisotopic (exact) mass is 311 g/mol. The molecular formula is C12H11BrClN3. The van der Waals surface area contributed by atoms with Crippen LogP contribution in [0.15, 0.2) is 47.2 Å². The Kier molecular flexibility index (Phi) is 4.12. The lowest BCUT2D eigenvalue weighted by atomic mass is 10.0. The van der Waals surface area contributed by atoms with Crippen LogP contribution < -0.4 is 11.3 Å². The molecular weight excluding hydrogens is 302 g/mol. The fraction of sp³-hybridized carbons (Fsp3) is 0.0833. The van der Waals surface area contributed by atoms with Crippen LogP contribution in [0.4, 0.5) is 0 Å². The third-order valence-electron chi connectivity index (χ3n) is 2.48. The van der Waals surface area contributed by atoms with Gasteiger partial charge in [-0.05, 0) is 39.2 Å². The molecule has 1 atom stereocenters. The van der Waals surface area contributed by atoms with Gasteiger partial charge >= 0.3 is 0 Å². The normalized spacial score (nSPS) is 12.4. The van der Waals surface area contributed by atoms with Gasteiger partial charge < -0.3 is 0 Å². The molecule has 1 aromatic carbocycles. The van der Waals surface area contributed by atoms with Gasteiger partial charge in [0.1, 0.15) is 0 Å². The van der Waals surface area contributed by atoms with Gasteiger partial charge in [0.05, 0.1) is 11.1 Å². The maximum atomic E-state index is 6.25. The number of hydrazine groups is 1. The van der Waals surface area contributed by atoms with E-state index in [1.165, 1.54) is 0 Å². The zero-order chi connectivity index (χ0) is 12.3. The van der Waals surface area contributed by atoms with E-state index in [1.807, 2.05) is 30.3 Å². The number of nitrogens with one attached hydrogen (secondary N) is 1. The van der Waals surface area contributed by atoms with E-state index >= 15 is 0 Å². The Morgan fingerprint density at radius 3 is 2.76 bits per heavy atom. The highest BCUT2D eigenvalue weighted by Crippen LogP contribution is 2.32. The highest BCUT2D eigenvalue weighted by Gasteiger charge is 2.16. The molecule has 0 bridgehead atoms. The number of nitrogens with zero attached hydrogens (tertiary/aromatic N) is 1. The van der Waals surface area contributed by atoms with Crippen molar-refractivity contribution in [3.63, 3.8) is 0 Å². The SMILES string of the molecule is NNC(c1cccnc1)c1cccc(Br)c1Cl. The molecule has 17 heavy (non-hydrogen) atoms. The standard InChI is InChI=1S/C12H11BrClN3/c13-10-5-1-4-9(11(10)14)12(17-15)8-3-2-6-16-7-8/h1-7,12,17H,15H2. The summed E-state index contributed by atoms with van der Waals surface area (Å²) in [6.45, 7) is 0. The van der Waals surface area contributed by atoms with Crippen LogP contribution in [0, 0.1) is 0 Å². The lowest BCUT2D eigenvalue weighted by Gasteiger charge is -2.18. The van der Waals surface area contributed by atoms with E-state index in [0.29, 0.717) is 5.02 Å². The summed E-state index contributed by atoms with van der Waals surface area (Å²) in [5.74, 6) is 5.60. The summed E-state index contributed by atoms with van der Waals surface area (Å²) >= 11 is 9.65. The summed E-state index contributed by atoms with van der Waals surface area (Å²) < 4.78 is 0.848. The van der Waals surface area contributed by atoms with Gasteiger partial charge in [0, 0.05) is 16.9 Å². The molecule has 0 aliphatic rings. The average molecular weight is 313 g/mol. The van der Waals surface area contributed by atoms with Gasteiger partial charge in [-0.3, -0.25) is 10.8 Å². The minimum absolute atomic E-state index is 0.173.